The molecule has 0 aliphatic rings. The summed E-state index contributed by atoms with van der Waals surface area (Å²) in [5, 5.41) is 15.4. The summed E-state index contributed by atoms with van der Waals surface area (Å²) in [6.07, 6.45) is -3.52. The lowest BCUT2D eigenvalue weighted by Gasteiger charge is -2.13. The van der Waals surface area contributed by atoms with Crippen molar-refractivity contribution in [2.75, 3.05) is 0 Å². The van der Waals surface area contributed by atoms with Gasteiger partial charge >= 0.3 is 12.1 Å². The molecule has 0 fully saturated rings. The summed E-state index contributed by atoms with van der Waals surface area (Å²) in [6.45, 7) is 0. The molecule has 10 heteroatoms. The van der Waals surface area contributed by atoms with Crippen LogP contribution in [0.2, 0.25) is 0 Å². The predicted molar refractivity (Wildman–Crippen MR) is 92.7 cm³/mol. The van der Waals surface area contributed by atoms with Gasteiger partial charge in [-0.2, -0.15) is 18.3 Å². The minimum absolute atomic E-state index is 0.245. The number of benzene rings is 2. The molecule has 0 radical (unpaired) electrons. The number of alkyl halides is 3. The highest BCUT2D eigenvalue weighted by Crippen LogP contribution is 2.32. The van der Waals surface area contributed by atoms with Crippen LogP contribution >= 0.6 is 0 Å². The van der Waals surface area contributed by atoms with Crippen molar-refractivity contribution < 1.29 is 23.1 Å². The molecule has 3 aromatic rings. The van der Waals surface area contributed by atoms with Gasteiger partial charge in [0.2, 0.25) is 11.1 Å². The van der Waals surface area contributed by atoms with Crippen LogP contribution in [0.5, 0.6) is 0 Å². The van der Waals surface area contributed by atoms with E-state index in [1.165, 1.54) is 18.2 Å². The van der Waals surface area contributed by atoms with E-state index in [-0.39, 0.29) is 5.69 Å². The largest absolute Gasteiger partial charge is 0.476 e. The second-order valence-electron chi connectivity index (χ2n) is 5.63. The number of carboxylic acid groups (broad SMARTS) is 1. The second kappa shape index (κ2) is 7.06. The van der Waals surface area contributed by atoms with Gasteiger partial charge in [-0.1, -0.05) is 30.3 Å². The average Bonchev–Trinajstić information content (AvgIpc) is 2.67. The van der Waals surface area contributed by atoms with Gasteiger partial charge in [0.15, 0.2) is 5.69 Å². The number of halogens is 3. The zero-order valence-electron chi connectivity index (χ0n) is 13.8. The first kappa shape index (κ1) is 19.0. The fraction of sp³-hybridized carbons (Fsp3) is 0.0556. The van der Waals surface area contributed by atoms with Crippen molar-refractivity contribution in [3.05, 3.63) is 81.1 Å². The quantitative estimate of drug-likeness (QED) is 0.679. The highest BCUT2D eigenvalue weighted by Gasteiger charge is 2.30. The van der Waals surface area contributed by atoms with E-state index >= 15 is 0 Å². The molecule has 7 nitrogen and oxygen atoms in total. The summed E-state index contributed by atoms with van der Waals surface area (Å²) < 4.78 is 39.3. The van der Waals surface area contributed by atoms with Crippen LogP contribution in [0.3, 0.4) is 0 Å². The first-order valence-electron chi connectivity index (χ1n) is 7.70. The molecule has 0 unspecified atom stereocenters. The Labute approximate surface area is 154 Å². The summed E-state index contributed by atoms with van der Waals surface area (Å²) in [5.41, 5.74) is -2.48. The maximum absolute atomic E-state index is 12.8. The molecule has 0 bridgehead atoms. The Bertz CT molecular complexity index is 1120. The number of aromatic carboxylic acids is 1. The lowest BCUT2D eigenvalue weighted by atomic mass is 10.0. The number of carboxylic acids is 1. The van der Waals surface area contributed by atoms with E-state index in [0.29, 0.717) is 11.1 Å². The number of hydrogen-bond acceptors (Lipinski definition) is 5. The van der Waals surface area contributed by atoms with Crippen LogP contribution in [0.25, 0.3) is 16.8 Å². The molecule has 0 saturated carbocycles. The molecular weight excluding hydrogens is 379 g/mol. The SMILES string of the molecule is O=Nc1cn(-c2ccccc2-c2ccc(C(F)(F)F)cc2)nc(C(=O)O)c1=O. The normalized spacial score (nSPS) is 11.2. The van der Waals surface area contributed by atoms with Crippen LogP contribution in [0.1, 0.15) is 16.1 Å². The average molecular weight is 389 g/mol. The van der Waals surface area contributed by atoms with E-state index in [2.05, 4.69) is 10.3 Å². The van der Waals surface area contributed by atoms with Crippen molar-refractivity contribution in [3.8, 4) is 16.8 Å². The third kappa shape index (κ3) is 3.52. The van der Waals surface area contributed by atoms with Gasteiger partial charge < -0.3 is 5.11 Å². The fourth-order valence-corrected chi connectivity index (χ4v) is 2.56. The molecular formula is C18H10F3N3O4. The predicted octanol–water partition coefficient (Wildman–Crippen LogP) is 4.01. The number of rotatable bonds is 4. The lowest BCUT2D eigenvalue weighted by Crippen LogP contribution is -2.21. The first-order chi connectivity index (χ1) is 13.2. The van der Waals surface area contributed by atoms with E-state index in [0.717, 1.165) is 23.0 Å². The summed E-state index contributed by atoms with van der Waals surface area (Å²) >= 11 is 0. The second-order valence-corrected chi connectivity index (χ2v) is 5.63. The van der Waals surface area contributed by atoms with E-state index in [4.69, 9.17) is 5.11 Å². The molecule has 1 N–H and O–H groups in total. The Morgan fingerprint density at radius 3 is 2.29 bits per heavy atom. The highest BCUT2D eigenvalue weighted by atomic mass is 19.4. The zero-order chi connectivity index (χ0) is 20.5. The Morgan fingerprint density at radius 1 is 1.07 bits per heavy atom. The molecule has 28 heavy (non-hydrogen) atoms. The van der Waals surface area contributed by atoms with Gasteiger partial charge in [0, 0.05) is 5.56 Å². The summed E-state index contributed by atoms with van der Waals surface area (Å²) in [6, 6.07) is 10.6. The van der Waals surface area contributed by atoms with Crippen LogP contribution in [0.4, 0.5) is 18.9 Å². The van der Waals surface area contributed by atoms with Crippen LogP contribution in [0, 0.1) is 4.91 Å². The molecule has 0 saturated heterocycles. The van der Waals surface area contributed by atoms with Gasteiger partial charge in [-0.25, -0.2) is 9.48 Å². The van der Waals surface area contributed by atoms with Gasteiger partial charge in [-0.3, -0.25) is 4.79 Å². The smallest absolute Gasteiger partial charge is 0.416 e. The Morgan fingerprint density at radius 2 is 1.71 bits per heavy atom. The molecule has 0 aliphatic carbocycles. The number of para-hydroxylation sites is 1. The van der Waals surface area contributed by atoms with Crippen molar-refractivity contribution in [1.82, 2.24) is 9.78 Å². The number of hydrogen-bond donors (Lipinski definition) is 1. The molecule has 0 aliphatic heterocycles. The summed E-state index contributed by atoms with van der Waals surface area (Å²) in [7, 11) is 0. The minimum atomic E-state index is -4.49. The van der Waals surface area contributed by atoms with Crippen LogP contribution < -0.4 is 5.43 Å². The lowest BCUT2D eigenvalue weighted by molar-refractivity contribution is -0.137. The van der Waals surface area contributed by atoms with E-state index in [1.54, 1.807) is 18.2 Å². The molecule has 1 heterocycles. The van der Waals surface area contributed by atoms with Gasteiger partial charge in [-0.05, 0) is 28.9 Å². The maximum Gasteiger partial charge on any atom is 0.416 e. The molecule has 0 spiro atoms. The summed E-state index contributed by atoms with van der Waals surface area (Å²) in [5.74, 6) is -1.64. The van der Waals surface area contributed by atoms with E-state index in [1.807, 2.05) is 0 Å². The minimum Gasteiger partial charge on any atom is -0.476 e. The molecule has 2 aromatic carbocycles. The number of aromatic nitrogens is 2. The van der Waals surface area contributed by atoms with Crippen molar-refractivity contribution >= 4 is 11.7 Å². The molecule has 142 valence electrons. The number of nitroso groups, excluding NO2 is 1. The van der Waals surface area contributed by atoms with Crippen LogP contribution in [-0.2, 0) is 6.18 Å². The maximum atomic E-state index is 12.8. The number of nitrogens with zero attached hydrogens (tertiary/aromatic N) is 3. The third-order valence-electron chi connectivity index (χ3n) is 3.88. The molecule has 3 rings (SSSR count). The van der Waals surface area contributed by atoms with E-state index in [9.17, 15) is 27.7 Å². The highest BCUT2D eigenvalue weighted by molar-refractivity contribution is 5.86. The first-order valence-corrected chi connectivity index (χ1v) is 7.70. The third-order valence-corrected chi connectivity index (χ3v) is 3.88. The van der Waals surface area contributed by atoms with Crippen molar-refractivity contribution in [3.63, 3.8) is 0 Å². The Hall–Kier alpha value is -3.82. The van der Waals surface area contributed by atoms with Gasteiger partial charge in [0.05, 0.1) is 17.4 Å². The monoisotopic (exact) mass is 389 g/mol. The van der Waals surface area contributed by atoms with Crippen molar-refractivity contribution in [2.24, 2.45) is 5.18 Å². The Balaban J connectivity index is 2.19. The standard InChI is InChI=1S/C18H10F3N3O4/c19-18(20,21)11-7-5-10(6-8-11)12-3-1-2-4-14(12)24-9-13(23-28)16(25)15(22-24)17(26)27/h1-9H,(H,26,27). The Kier molecular flexibility index (Phi) is 4.78. The van der Waals surface area contributed by atoms with Gasteiger partial charge in [-0.15, -0.1) is 4.91 Å². The van der Waals surface area contributed by atoms with Crippen LogP contribution in [0.15, 0.2) is 64.7 Å². The van der Waals surface area contributed by atoms with E-state index < -0.39 is 34.5 Å². The topological polar surface area (TPSA) is 102 Å². The van der Waals surface area contributed by atoms with Crippen molar-refractivity contribution in [1.29, 1.82) is 0 Å². The number of carbonyl (C=O) groups is 1. The molecule has 0 amide bonds. The van der Waals surface area contributed by atoms with Gasteiger partial charge in [0.1, 0.15) is 0 Å². The molecule has 1 aromatic heterocycles. The zero-order valence-corrected chi connectivity index (χ0v) is 13.8. The molecule has 0 atom stereocenters. The van der Waals surface area contributed by atoms with Crippen LogP contribution in [-0.4, -0.2) is 20.9 Å². The van der Waals surface area contributed by atoms with Crippen molar-refractivity contribution in [2.45, 2.75) is 6.18 Å². The fourth-order valence-electron chi connectivity index (χ4n) is 2.56. The van der Waals surface area contributed by atoms with Gasteiger partial charge in [0.25, 0.3) is 0 Å². The summed E-state index contributed by atoms with van der Waals surface area (Å²) in [4.78, 5) is 34.0.